The van der Waals surface area contributed by atoms with Crippen LogP contribution in [0.3, 0.4) is 0 Å². The molecular weight excluding hydrogens is 392 g/mol. The highest BCUT2D eigenvalue weighted by molar-refractivity contribution is 7.21. The van der Waals surface area contributed by atoms with Crippen LogP contribution in [0.2, 0.25) is 0 Å². The van der Waals surface area contributed by atoms with Gasteiger partial charge in [0.25, 0.3) is 0 Å². The molecule has 0 radical (unpaired) electrons. The first-order valence-corrected chi connectivity index (χ1v) is 9.50. The van der Waals surface area contributed by atoms with Gasteiger partial charge in [-0.2, -0.15) is 0 Å². The number of rotatable bonds is 4. The van der Waals surface area contributed by atoms with E-state index in [1.165, 1.54) is 18.4 Å². The van der Waals surface area contributed by atoms with Gasteiger partial charge in [-0.1, -0.05) is 30.3 Å². The van der Waals surface area contributed by atoms with Crippen molar-refractivity contribution in [1.29, 1.82) is 0 Å². The van der Waals surface area contributed by atoms with Crippen molar-refractivity contribution in [2.75, 3.05) is 12.4 Å². The minimum absolute atomic E-state index is 0.0721. The monoisotopic (exact) mass is 408 g/mol. The van der Waals surface area contributed by atoms with E-state index in [-0.39, 0.29) is 11.4 Å². The molecule has 0 aliphatic heterocycles. The molecular formula is C21H16N2O5S. The zero-order valence-electron chi connectivity index (χ0n) is 15.6. The van der Waals surface area contributed by atoms with Crippen molar-refractivity contribution in [3.63, 3.8) is 0 Å². The van der Waals surface area contributed by atoms with Crippen molar-refractivity contribution in [3.05, 3.63) is 65.9 Å². The third-order valence-corrected chi connectivity index (χ3v) is 5.20. The second-order valence-corrected chi connectivity index (χ2v) is 7.07. The van der Waals surface area contributed by atoms with Gasteiger partial charge in [0.1, 0.15) is 22.1 Å². The van der Waals surface area contributed by atoms with Crippen LogP contribution in [-0.4, -0.2) is 24.2 Å². The van der Waals surface area contributed by atoms with E-state index in [0.29, 0.717) is 22.1 Å². The number of methoxy groups -OCH3 is 1. The lowest BCUT2D eigenvalue weighted by molar-refractivity contribution is 0.0599. The van der Waals surface area contributed by atoms with Gasteiger partial charge in [0, 0.05) is 0 Å². The number of aryl methyl sites for hydroxylation is 1. The third-order valence-electron chi connectivity index (χ3n) is 4.15. The first-order valence-electron chi connectivity index (χ1n) is 8.68. The van der Waals surface area contributed by atoms with Crippen LogP contribution in [0.25, 0.3) is 20.8 Å². The van der Waals surface area contributed by atoms with Crippen molar-refractivity contribution in [1.82, 2.24) is 4.98 Å². The minimum atomic E-state index is -0.747. The van der Waals surface area contributed by atoms with Crippen LogP contribution in [0.5, 0.6) is 5.75 Å². The Bertz CT molecular complexity index is 1160. The molecule has 1 amide bonds. The van der Waals surface area contributed by atoms with Gasteiger partial charge in [-0.3, -0.25) is 5.32 Å². The summed E-state index contributed by atoms with van der Waals surface area (Å²) in [6.45, 7) is 1.62. The number of para-hydroxylation sites is 2. The molecule has 0 aliphatic carbocycles. The summed E-state index contributed by atoms with van der Waals surface area (Å²) in [5.41, 5.74) is 1.35. The lowest BCUT2D eigenvalue weighted by Crippen LogP contribution is -2.17. The number of aromatic nitrogens is 1. The Morgan fingerprint density at radius 1 is 1.07 bits per heavy atom. The Labute approximate surface area is 169 Å². The summed E-state index contributed by atoms with van der Waals surface area (Å²) in [5.74, 6) is 0.178. The van der Waals surface area contributed by atoms with Gasteiger partial charge in [-0.25, -0.2) is 14.6 Å². The molecule has 0 saturated heterocycles. The van der Waals surface area contributed by atoms with Crippen LogP contribution < -0.4 is 10.1 Å². The fraction of sp³-hybridized carbons (Fsp3) is 0.0952. The van der Waals surface area contributed by atoms with Crippen LogP contribution >= 0.6 is 11.3 Å². The second kappa shape index (κ2) is 7.76. The molecule has 4 rings (SSSR count). The number of hydrogen-bond acceptors (Lipinski definition) is 7. The fourth-order valence-electron chi connectivity index (χ4n) is 2.88. The van der Waals surface area contributed by atoms with Crippen molar-refractivity contribution in [2.45, 2.75) is 6.92 Å². The maximum absolute atomic E-state index is 12.4. The molecule has 1 N–H and O–H groups in total. The van der Waals surface area contributed by atoms with Gasteiger partial charge in [0.05, 0.1) is 22.9 Å². The molecule has 2 heterocycles. The van der Waals surface area contributed by atoms with Gasteiger partial charge in [-0.05, 0) is 31.2 Å². The van der Waals surface area contributed by atoms with E-state index in [0.717, 1.165) is 10.2 Å². The van der Waals surface area contributed by atoms with Gasteiger partial charge in [-0.15, -0.1) is 11.3 Å². The highest BCUT2D eigenvalue weighted by atomic mass is 32.1. The van der Waals surface area contributed by atoms with Gasteiger partial charge < -0.3 is 13.9 Å². The number of furan rings is 1. The van der Waals surface area contributed by atoms with Crippen molar-refractivity contribution < 1.29 is 23.5 Å². The molecule has 146 valence electrons. The minimum Gasteiger partial charge on any atom is -0.465 e. The van der Waals surface area contributed by atoms with Crippen LogP contribution in [0.15, 0.2) is 59.0 Å². The van der Waals surface area contributed by atoms with Gasteiger partial charge in [0.15, 0.2) is 0 Å². The van der Waals surface area contributed by atoms with E-state index in [2.05, 4.69) is 10.3 Å². The molecule has 8 heteroatoms. The Hall–Kier alpha value is -3.65. The Morgan fingerprint density at radius 3 is 2.52 bits per heavy atom. The summed E-state index contributed by atoms with van der Waals surface area (Å²) in [7, 11) is 1.29. The highest BCUT2D eigenvalue weighted by Gasteiger charge is 2.29. The number of benzene rings is 2. The second-order valence-electron chi connectivity index (χ2n) is 6.04. The molecule has 0 aliphatic rings. The quantitative estimate of drug-likeness (QED) is 0.463. The van der Waals surface area contributed by atoms with Crippen LogP contribution in [-0.2, 0) is 4.74 Å². The Morgan fingerprint density at radius 2 is 1.79 bits per heavy atom. The van der Waals surface area contributed by atoms with Crippen LogP contribution in [0, 0.1) is 6.92 Å². The number of nitrogens with zero attached hydrogens (tertiary/aromatic N) is 1. The largest absolute Gasteiger partial charge is 0.465 e. The molecule has 0 spiro atoms. The summed E-state index contributed by atoms with van der Waals surface area (Å²) in [6.07, 6.45) is -0.747. The van der Waals surface area contributed by atoms with Crippen molar-refractivity contribution in [3.8, 4) is 16.3 Å². The van der Waals surface area contributed by atoms with Crippen molar-refractivity contribution >= 4 is 39.5 Å². The zero-order chi connectivity index (χ0) is 20.4. The molecule has 7 nitrogen and oxygen atoms in total. The molecule has 4 aromatic rings. The number of carbonyl (C=O) groups is 2. The maximum Gasteiger partial charge on any atom is 0.419 e. The predicted octanol–water partition coefficient (Wildman–Crippen LogP) is 5.26. The molecule has 0 saturated carbocycles. The van der Waals surface area contributed by atoms with E-state index < -0.39 is 12.1 Å². The molecule has 0 atom stereocenters. The number of thiazole rings is 1. The normalized spacial score (nSPS) is 10.7. The number of ether oxygens (including phenoxy) is 2. The van der Waals surface area contributed by atoms with Crippen LogP contribution in [0.4, 0.5) is 10.7 Å². The summed E-state index contributed by atoms with van der Waals surface area (Å²) < 4.78 is 16.8. The maximum atomic E-state index is 12.4. The molecule has 2 aromatic heterocycles. The Balaban J connectivity index is 1.75. The number of nitrogens with one attached hydrogen (secondary N) is 1. The van der Waals surface area contributed by atoms with E-state index in [1.807, 2.05) is 30.3 Å². The van der Waals surface area contributed by atoms with E-state index in [1.54, 1.807) is 31.2 Å². The zero-order valence-corrected chi connectivity index (χ0v) is 16.4. The molecule has 0 bridgehead atoms. The summed E-state index contributed by atoms with van der Waals surface area (Å²) in [5, 5.41) is 3.10. The third kappa shape index (κ3) is 3.70. The standard InChI is InChI=1S/C21H16N2O5S/c1-12-16(20(24)26-2)17(19-22-14-10-6-7-11-15(14)29-19)18(27-12)23-21(25)28-13-8-4-3-5-9-13/h3-11H,1-2H3,(H,23,25). The first-order chi connectivity index (χ1) is 14.1. The molecule has 29 heavy (non-hydrogen) atoms. The molecule has 2 aromatic carbocycles. The average Bonchev–Trinajstić information content (AvgIpc) is 3.28. The van der Waals surface area contributed by atoms with Crippen molar-refractivity contribution in [2.24, 2.45) is 0 Å². The number of anilines is 1. The summed E-state index contributed by atoms with van der Waals surface area (Å²) in [4.78, 5) is 29.3. The topological polar surface area (TPSA) is 90.7 Å². The first kappa shape index (κ1) is 18.7. The van der Waals surface area contributed by atoms with Gasteiger partial charge in [0.2, 0.25) is 5.88 Å². The van der Waals surface area contributed by atoms with E-state index in [9.17, 15) is 9.59 Å². The summed E-state index contributed by atoms with van der Waals surface area (Å²) in [6, 6.07) is 16.2. The molecule has 0 unspecified atom stereocenters. The van der Waals surface area contributed by atoms with E-state index in [4.69, 9.17) is 13.9 Å². The fourth-order valence-corrected chi connectivity index (χ4v) is 3.89. The summed E-state index contributed by atoms with van der Waals surface area (Å²) >= 11 is 1.38. The smallest absolute Gasteiger partial charge is 0.419 e. The van der Waals surface area contributed by atoms with Crippen LogP contribution in [0.1, 0.15) is 16.1 Å². The lowest BCUT2D eigenvalue weighted by atomic mass is 10.1. The number of fused-ring (bicyclic) bond motifs is 1. The number of esters is 1. The number of amides is 1. The van der Waals surface area contributed by atoms with Gasteiger partial charge >= 0.3 is 12.1 Å². The lowest BCUT2D eigenvalue weighted by Gasteiger charge is -2.06. The molecule has 0 fully saturated rings. The number of hydrogen-bond donors (Lipinski definition) is 1. The SMILES string of the molecule is COC(=O)c1c(C)oc(NC(=O)Oc2ccccc2)c1-c1nc2ccccc2s1. The van der Waals surface area contributed by atoms with E-state index >= 15 is 0 Å². The predicted molar refractivity (Wildman–Crippen MR) is 109 cm³/mol. The number of carbonyl (C=O) groups excluding carboxylic acids is 2. The Kier molecular flexibility index (Phi) is 5.01. The average molecular weight is 408 g/mol. The highest BCUT2D eigenvalue weighted by Crippen LogP contribution is 2.40.